The van der Waals surface area contributed by atoms with Crippen molar-refractivity contribution in [2.24, 2.45) is 5.73 Å². The van der Waals surface area contributed by atoms with Crippen molar-refractivity contribution in [3.63, 3.8) is 0 Å². The summed E-state index contributed by atoms with van der Waals surface area (Å²) in [6, 6.07) is 4.84. The summed E-state index contributed by atoms with van der Waals surface area (Å²) in [5, 5.41) is 2.73. The van der Waals surface area contributed by atoms with Gasteiger partial charge < -0.3 is 21.7 Å². The van der Waals surface area contributed by atoms with E-state index in [1.54, 1.807) is 12.1 Å². The van der Waals surface area contributed by atoms with E-state index in [-0.39, 0.29) is 12.5 Å². The number of anilines is 2. The highest BCUT2D eigenvalue weighted by molar-refractivity contribution is 5.95. The monoisotopic (exact) mass is 264 g/mol. The first-order chi connectivity index (χ1) is 8.99. The number of likely N-dealkylation sites (N-methyl/N-ethyl adjacent to an activating group) is 2. The van der Waals surface area contributed by atoms with Crippen LogP contribution in [0.15, 0.2) is 18.2 Å². The highest BCUT2D eigenvalue weighted by Crippen LogP contribution is 2.24. The SMILES string of the molecule is CCNC(=O)CN(CC)c1ccc(C(N)=O)cc1N. The van der Waals surface area contributed by atoms with Crippen molar-refractivity contribution in [2.75, 3.05) is 30.3 Å². The number of carbonyl (C=O) groups is 2. The normalized spacial score (nSPS) is 10.0. The number of nitrogens with one attached hydrogen (secondary N) is 1. The van der Waals surface area contributed by atoms with E-state index >= 15 is 0 Å². The summed E-state index contributed by atoms with van der Waals surface area (Å²) in [7, 11) is 0. The Bertz CT molecular complexity index is 474. The quantitative estimate of drug-likeness (QED) is 0.644. The number of hydrogen-bond acceptors (Lipinski definition) is 4. The topological polar surface area (TPSA) is 101 Å². The number of hydrogen-bond donors (Lipinski definition) is 3. The Balaban J connectivity index is 2.92. The zero-order valence-electron chi connectivity index (χ0n) is 11.3. The molecule has 6 nitrogen and oxygen atoms in total. The van der Waals surface area contributed by atoms with Gasteiger partial charge in [0.1, 0.15) is 0 Å². The fraction of sp³-hybridized carbons (Fsp3) is 0.385. The van der Waals surface area contributed by atoms with Crippen LogP contribution in [0.3, 0.4) is 0 Å². The van der Waals surface area contributed by atoms with Gasteiger partial charge in [-0.05, 0) is 32.0 Å². The predicted molar refractivity (Wildman–Crippen MR) is 75.9 cm³/mol. The molecule has 2 amide bonds. The van der Waals surface area contributed by atoms with Crippen LogP contribution in [0.25, 0.3) is 0 Å². The molecule has 0 bridgehead atoms. The summed E-state index contributed by atoms with van der Waals surface area (Å²) in [4.78, 5) is 24.5. The van der Waals surface area contributed by atoms with Crippen molar-refractivity contribution < 1.29 is 9.59 Å². The number of benzene rings is 1. The van der Waals surface area contributed by atoms with E-state index in [9.17, 15) is 9.59 Å². The average molecular weight is 264 g/mol. The molecule has 0 saturated carbocycles. The smallest absolute Gasteiger partial charge is 0.248 e. The third-order valence-corrected chi connectivity index (χ3v) is 2.74. The van der Waals surface area contributed by atoms with Crippen LogP contribution >= 0.6 is 0 Å². The van der Waals surface area contributed by atoms with Crippen molar-refractivity contribution in [1.29, 1.82) is 0 Å². The van der Waals surface area contributed by atoms with Gasteiger partial charge in [-0.25, -0.2) is 0 Å². The molecular formula is C13H20N4O2. The molecule has 0 saturated heterocycles. The molecule has 0 fully saturated rings. The lowest BCUT2D eigenvalue weighted by Gasteiger charge is -2.24. The molecular weight excluding hydrogens is 244 g/mol. The van der Waals surface area contributed by atoms with Crippen molar-refractivity contribution >= 4 is 23.2 Å². The molecule has 0 spiro atoms. The Morgan fingerprint density at radius 2 is 2.00 bits per heavy atom. The minimum absolute atomic E-state index is 0.0669. The van der Waals surface area contributed by atoms with E-state index in [1.807, 2.05) is 18.7 Å². The molecule has 0 heterocycles. The van der Waals surface area contributed by atoms with E-state index in [4.69, 9.17) is 11.5 Å². The number of nitrogen functional groups attached to an aromatic ring is 1. The lowest BCUT2D eigenvalue weighted by molar-refractivity contribution is -0.119. The van der Waals surface area contributed by atoms with Gasteiger partial charge in [-0.2, -0.15) is 0 Å². The maximum absolute atomic E-state index is 11.6. The molecule has 0 radical (unpaired) electrons. The van der Waals surface area contributed by atoms with Crippen molar-refractivity contribution in [3.8, 4) is 0 Å². The van der Waals surface area contributed by atoms with E-state index in [0.717, 1.165) is 5.69 Å². The molecule has 0 atom stereocenters. The van der Waals surface area contributed by atoms with Crippen LogP contribution in [0.1, 0.15) is 24.2 Å². The Morgan fingerprint density at radius 1 is 1.32 bits per heavy atom. The number of nitrogens with two attached hydrogens (primary N) is 2. The molecule has 104 valence electrons. The Labute approximate surface area is 112 Å². The molecule has 0 aromatic heterocycles. The van der Waals surface area contributed by atoms with E-state index in [2.05, 4.69) is 5.32 Å². The van der Waals surface area contributed by atoms with Crippen LogP contribution in [0.5, 0.6) is 0 Å². The molecule has 5 N–H and O–H groups in total. The fourth-order valence-electron chi connectivity index (χ4n) is 1.79. The number of carbonyl (C=O) groups excluding carboxylic acids is 2. The molecule has 0 aliphatic rings. The standard InChI is InChI=1S/C13H20N4O2/c1-3-16-12(18)8-17(4-2)11-6-5-9(13(15)19)7-10(11)14/h5-7H,3-4,8,14H2,1-2H3,(H2,15,19)(H,16,18). The number of primary amides is 1. The lowest BCUT2D eigenvalue weighted by Crippen LogP contribution is -2.37. The fourth-order valence-corrected chi connectivity index (χ4v) is 1.79. The predicted octanol–water partition coefficient (Wildman–Crippen LogP) is 0.330. The molecule has 0 aliphatic carbocycles. The lowest BCUT2D eigenvalue weighted by atomic mass is 10.1. The molecule has 1 aromatic rings. The molecule has 19 heavy (non-hydrogen) atoms. The van der Waals surface area contributed by atoms with Crippen LogP contribution in [-0.2, 0) is 4.79 Å². The number of rotatable bonds is 6. The first-order valence-corrected chi connectivity index (χ1v) is 6.20. The first kappa shape index (κ1) is 14.8. The van der Waals surface area contributed by atoms with Gasteiger partial charge in [0, 0.05) is 18.7 Å². The molecule has 0 unspecified atom stereocenters. The highest BCUT2D eigenvalue weighted by atomic mass is 16.2. The largest absolute Gasteiger partial charge is 0.397 e. The van der Waals surface area contributed by atoms with Gasteiger partial charge in [0.15, 0.2) is 0 Å². The van der Waals surface area contributed by atoms with E-state index in [1.165, 1.54) is 6.07 Å². The summed E-state index contributed by atoms with van der Waals surface area (Å²) < 4.78 is 0. The molecule has 1 aromatic carbocycles. The van der Waals surface area contributed by atoms with Crippen molar-refractivity contribution in [1.82, 2.24) is 5.32 Å². The minimum Gasteiger partial charge on any atom is -0.397 e. The molecule has 0 aliphatic heterocycles. The highest BCUT2D eigenvalue weighted by Gasteiger charge is 2.13. The van der Waals surface area contributed by atoms with Crippen LogP contribution in [0, 0.1) is 0 Å². The third-order valence-electron chi connectivity index (χ3n) is 2.74. The Morgan fingerprint density at radius 3 is 2.47 bits per heavy atom. The summed E-state index contributed by atoms with van der Waals surface area (Å²) in [6.07, 6.45) is 0. The van der Waals surface area contributed by atoms with Crippen LogP contribution < -0.4 is 21.7 Å². The zero-order valence-corrected chi connectivity index (χ0v) is 11.3. The van der Waals surface area contributed by atoms with Gasteiger partial charge in [0.05, 0.1) is 17.9 Å². The molecule has 6 heteroatoms. The van der Waals surface area contributed by atoms with Crippen molar-refractivity contribution in [2.45, 2.75) is 13.8 Å². The van der Waals surface area contributed by atoms with Gasteiger partial charge >= 0.3 is 0 Å². The van der Waals surface area contributed by atoms with Gasteiger partial charge in [0.2, 0.25) is 11.8 Å². The van der Waals surface area contributed by atoms with Crippen LogP contribution in [0.2, 0.25) is 0 Å². The number of nitrogens with zero attached hydrogens (tertiary/aromatic N) is 1. The van der Waals surface area contributed by atoms with Crippen molar-refractivity contribution in [3.05, 3.63) is 23.8 Å². The second kappa shape index (κ2) is 6.63. The minimum atomic E-state index is -0.523. The maximum atomic E-state index is 11.6. The van der Waals surface area contributed by atoms with Gasteiger partial charge in [-0.1, -0.05) is 0 Å². The average Bonchev–Trinajstić information content (AvgIpc) is 2.36. The maximum Gasteiger partial charge on any atom is 0.248 e. The van der Waals surface area contributed by atoms with Gasteiger partial charge in [0.25, 0.3) is 0 Å². The second-order valence-corrected chi connectivity index (χ2v) is 4.11. The van der Waals surface area contributed by atoms with E-state index < -0.39 is 5.91 Å². The number of amides is 2. The van der Waals surface area contributed by atoms with Crippen LogP contribution in [0.4, 0.5) is 11.4 Å². The van der Waals surface area contributed by atoms with E-state index in [0.29, 0.717) is 24.3 Å². The van der Waals surface area contributed by atoms with Gasteiger partial charge in [-0.15, -0.1) is 0 Å². The first-order valence-electron chi connectivity index (χ1n) is 6.20. The summed E-state index contributed by atoms with van der Waals surface area (Å²) in [5.41, 5.74) is 12.6. The second-order valence-electron chi connectivity index (χ2n) is 4.11. The summed E-state index contributed by atoms with van der Waals surface area (Å²) >= 11 is 0. The Kier molecular flexibility index (Phi) is 5.17. The van der Waals surface area contributed by atoms with Crippen LogP contribution in [-0.4, -0.2) is 31.4 Å². The summed E-state index contributed by atoms with van der Waals surface area (Å²) in [5.74, 6) is -0.590. The van der Waals surface area contributed by atoms with Gasteiger partial charge in [-0.3, -0.25) is 9.59 Å². The third kappa shape index (κ3) is 3.87. The molecule has 1 rings (SSSR count). The zero-order chi connectivity index (χ0) is 14.4. The summed E-state index contributed by atoms with van der Waals surface area (Å²) in [6.45, 7) is 5.25. The Hall–Kier alpha value is -2.24.